The first-order chi connectivity index (χ1) is 5.31. The van der Waals surface area contributed by atoms with Gasteiger partial charge in [-0.05, 0) is 17.8 Å². The van der Waals surface area contributed by atoms with Gasteiger partial charge in [0.05, 0.1) is 0 Å². The van der Waals surface area contributed by atoms with Crippen molar-refractivity contribution in [3.63, 3.8) is 0 Å². The van der Waals surface area contributed by atoms with E-state index in [0.29, 0.717) is 11.7 Å². The van der Waals surface area contributed by atoms with Crippen LogP contribution in [-0.4, -0.2) is 5.78 Å². The standard InChI is InChI=1S/C11H22O/c1-9(2)6-7-10(12)8-11(3,4)5/h9H,6-8H2,1-5H3. The van der Waals surface area contributed by atoms with E-state index in [1.54, 1.807) is 0 Å². The summed E-state index contributed by atoms with van der Waals surface area (Å²) in [6.07, 6.45) is 2.52. The fourth-order valence-electron chi connectivity index (χ4n) is 1.13. The van der Waals surface area contributed by atoms with Crippen LogP contribution in [0.1, 0.15) is 53.9 Å². The maximum absolute atomic E-state index is 11.4. The van der Waals surface area contributed by atoms with E-state index < -0.39 is 0 Å². The van der Waals surface area contributed by atoms with Crippen molar-refractivity contribution in [1.29, 1.82) is 0 Å². The Bertz CT molecular complexity index is 140. The third-order valence-electron chi connectivity index (χ3n) is 1.73. The molecule has 0 aliphatic carbocycles. The van der Waals surface area contributed by atoms with Crippen LogP contribution in [0.25, 0.3) is 0 Å². The Morgan fingerprint density at radius 2 is 1.75 bits per heavy atom. The van der Waals surface area contributed by atoms with Gasteiger partial charge in [-0.15, -0.1) is 0 Å². The number of hydrogen-bond acceptors (Lipinski definition) is 1. The quantitative estimate of drug-likeness (QED) is 0.631. The summed E-state index contributed by atoms with van der Waals surface area (Å²) in [7, 11) is 0. The van der Waals surface area contributed by atoms with Crippen LogP contribution in [0.3, 0.4) is 0 Å². The van der Waals surface area contributed by atoms with E-state index in [2.05, 4.69) is 34.6 Å². The SMILES string of the molecule is CC(C)CCC(=O)CC(C)(C)C. The van der Waals surface area contributed by atoms with E-state index in [-0.39, 0.29) is 5.41 Å². The summed E-state index contributed by atoms with van der Waals surface area (Å²) in [5.74, 6) is 1.06. The molecule has 0 aromatic heterocycles. The van der Waals surface area contributed by atoms with E-state index in [0.717, 1.165) is 19.3 Å². The predicted molar refractivity (Wildman–Crippen MR) is 53.2 cm³/mol. The Hall–Kier alpha value is -0.330. The van der Waals surface area contributed by atoms with Gasteiger partial charge >= 0.3 is 0 Å². The molecule has 0 saturated heterocycles. The Morgan fingerprint density at radius 1 is 1.25 bits per heavy atom. The van der Waals surface area contributed by atoms with Crippen molar-refractivity contribution < 1.29 is 4.79 Å². The lowest BCUT2D eigenvalue weighted by Gasteiger charge is -2.16. The number of carbonyl (C=O) groups is 1. The van der Waals surface area contributed by atoms with Crippen molar-refractivity contribution in [3.8, 4) is 0 Å². The molecule has 0 atom stereocenters. The molecular formula is C11H22O. The molecule has 0 bridgehead atoms. The normalized spacial score (nSPS) is 12.2. The van der Waals surface area contributed by atoms with E-state index in [1.165, 1.54) is 0 Å². The molecule has 0 saturated carbocycles. The van der Waals surface area contributed by atoms with Crippen molar-refractivity contribution in [3.05, 3.63) is 0 Å². The summed E-state index contributed by atoms with van der Waals surface area (Å²) in [6, 6.07) is 0. The van der Waals surface area contributed by atoms with Crippen molar-refractivity contribution in [2.45, 2.75) is 53.9 Å². The summed E-state index contributed by atoms with van der Waals surface area (Å²) >= 11 is 0. The van der Waals surface area contributed by atoms with Crippen LogP contribution >= 0.6 is 0 Å². The molecule has 0 rings (SSSR count). The van der Waals surface area contributed by atoms with Gasteiger partial charge in [-0.1, -0.05) is 34.6 Å². The highest BCUT2D eigenvalue weighted by Crippen LogP contribution is 2.20. The van der Waals surface area contributed by atoms with Crippen LogP contribution in [0.15, 0.2) is 0 Å². The van der Waals surface area contributed by atoms with Crippen molar-refractivity contribution in [1.82, 2.24) is 0 Å². The minimum Gasteiger partial charge on any atom is -0.300 e. The maximum atomic E-state index is 11.4. The second kappa shape index (κ2) is 4.64. The molecule has 0 aromatic carbocycles. The zero-order chi connectivity index (χ0) is 9.78. The number of Topliss-reactive ketones (excluding diaryl/α,β-unsaturated/α-hetero) is 1. The third kappa shape index (κ3) is 7.77. The molecule has 0 fully saturated rings. The Kier molecular flexibility index (Phi) is 4.51. The zero-order valence-corrected chi connectivity index (χ0v) is 9.11. The fourth-order valence-corrected chi connectivity index (χ4v) is 1.13. The lowest BCUT2D eigenvalue weighted by atomic mass is 9.88. The van der Waals surface area contributed by atoms with Crippen LogP contribution in [0.4, 0.5) is 0 Å². The highest BCUT2D eigenvalue weighted by atomic mass is 16.1. The largest absolute Gasteiger partial charge is 0.300 e. The summed E-state index contributed by atoms with van der Waals surface area (Å²) in [5, 5.41) is 0. The average molecular weight is 170 g/mol. The smallest absolute Gasteiger partial charge is 0.133 e. The molecule has 0 spiro atoms. The van der Waals surface area contributed by atoms with E-state index in [1.807, 2.05) is 0 Å². The Morgan fingerprint density at radius 3 is 2.08 bits per heavy atom. The van der Waals surface area contributed by atoms with Crippen LogP contribution in [0.2, 0.25) is 0 Å². The van der Waals surface area contributed by atoms with Gasteiger partial charge in [-0.2, -0.15) is 0 Å². The first-order valence-corrected chi connectivity index (χ1v) is 4.83. The second-order valence-electron chi connectivity index (χ2n) is 5.21. The van der Waals surface area contributed by atoms with Gasteiger partial charge in [0.15, 0.2) is 0 Å². The first-order valence-electron chi connectivity index (χ1n) is 4.83. The number of carbonyl (C=O) groups excluding carboxylic acids is 1. The van der Waals surface area contributed by atoms with Crippen LogP contribution in [0, 0.1) is 11.3 Å². The first kappa shape index (κ1) is 11.7. The number of rotatable bonds is 4. The van der Waals surface area contributed by atoms with E-state index in [9.17, 15) is 4.79 Å². The topological polar surface area (TPSA) is 17.1 Å². The van der Waals surface area contributed by atoms with Gasteiger partial charge in [0, 0.05) is 12.8 Å². The monoisotopic (exact) mass is 170 g/mol. The van der Waals surface area contributed by atoms with Crippen LogP contribution in [-0.2, 0) is 4.79 Å². The minimum atomic E-state index is 0.161. The third-order valence-corrected chi connectivity index (χ3v) is 1.73. The highest BCUT2D eigenvalue weighted by molar-refractivity contribution is 5.78. The molecule has 0 heterocycles. The van der Waals surface area contributed by atoms with Gasteiger partial charge in [0.1, 0.15) is 5.78 Å². The summed E-state index contributed by atoms with van der Waals surface area (Å²) < 4.78 is 0. The lowest BCUT2D eigenvalue weighted by molar-refractivity contribution is -0.121. The lowest BCUT2D eigenvalue weighted by Crippen LogP contribution is -2.13. The molecule has 0 amide bonds. The highest BCUT2D eigenvalue weighted by Gasteiger charge is 2.15. The average Bonchev–Trinajstić information content (AvgIpc) is 1.79. The van der Waals surface area contributed by atoms with Crippen LogP contribution in [0.5, 0.6) is 0 Å². The molecule has 0 aromatic rings. The van der Waals surface area contributed by atoms with E-state index >= 15 is 0 Å². The predicted octanol–water partition coefficient (Wildman–Crippen LogP) is 3.43. The van der Waals surface area contributed by atoms with Gasteiger partial charge < -0.3 is 0 Å². The fraction of sp³-hybridized carbons (Fsp3) is 0.909. The van der Waals surface area contributed by atoms with Crippen molar-refractivity contribution in [2.24, 2.45) is 11.3 Å². The van der Waals surface area contributed by atoms with Gasteiger partial charge in [-0.25, -0.2) is 0 Å². The molecule has 0 aliphatic rings. The van der Waals surface area contributed by atoms with Gasteiger partial charge in [0.2, 0.25) is 0 Å². The number of ketones is 1. The maximum Gasteiger partial charge on any atom is 0.133 e. The van der Waals surface area contributed by atoms with Crippen LogP contribution < -0.4 is 0 Å². The Labute approximate surface area is 76.6 Å². The van der Waals surface area contributed by atoms with Crippen molar-refractivity contribution >= 4 is 5.78 Å². The molecule has 1 heteroatoms. The van der Waals surface area contributed by atoms with E-state index in [4.69, 9.17) is 0 Å². The number of hydrogen-bond donors (Lipinski definition) is 0. The molecule has 0 radical (unpaired) electrons. The van der Waals surface area contributed by atoms with Crippen molar-refractivity contribution in [2.75, 3.05) is 0 Å². The zero-order valence-electron chi connectivity index (χ0n) is 9.11. The molecule has 1 nitrogen and oxygen atoms in total. The molecule has 0 aliphatic heterocycles. The van der Waals surface area contributed by atoms with Gasteiger partial charge in [0.25, 0.3) is 0 Å². The molecule has 12 heavy (non-hydrogen) atoms. The van der Waals surface area contributed by atoms with Gasteiger partial charge in [-0.3, -0.25) is 4.79 Å². The second-order valence-corrected chi connectivity index (χ2v) is 5.21. The summed E-state index contributed by atoms with van der Waals surface area (Å²) in [5.41, 5.74) is 0.161. The molecule has 0 N–H and O–H groups in total. The summed E-state index contributed by atoms with van der Waals surface area (Å²) in [4.78, 5) is 11.4. The Balaban J connectivity index is 3.61. The summed E-state index contributed by atoms with van der Waals surface area (Å²) in [6.45, 7) is 10.6. The minimum absolute atomic E-state index is 0.161. The molecular weight excluding hydrogens is 148 g/mol. The molecule has 0 unspecified atom stereocenters. The molecule has 72 valence electrons.